The average molecular weight is 459 g/mol. The molecule has 2 aromatic carbocycles. The van der Waals surface area contributed by atoms with Gasteiger partial charge >= 0.3 is 0 Å². The Labute approximate surface area is 192 Å². The van der Waals surface area contributed by atoms with Crippen molar-refractivity contribution in [2.75, 3.05) is 13.2 Å². The number of ether oxygens (including phenoxy) is 2. The summed E-state index contributed by atoms with van der Waals surface area (Å²) >= 11 is 7.53. The van der Waals surface area contributed by atoms with Crippen molar-refractivity contribution in [1.29, 1.82) is 0 Å². The van der Waals surface area contributed by atoms with Gasteiger partial charge in [-0.1, -0.05) is 43.3 Å². The summed E-state index contributed by atoms with van der Waals surface area (Å²) in [5.74, 6) is 1.68. The van der Waals surface area contributed by atoms with Crippen molar-refractivity contribution in [2.24, 2.45) is 5.92 Å². The van der Waals surface area contributed by atoms with Crippen molar-refractivity contribution >= 4 is 29.3 Å². The number of hydrogen-bond donors (Lipinski definition) is 0. The van der Waals surface area contributed by atoms with E-state index in [1.165, 1.54) is 4.68 Å². The zero-order valence-electron chi connectivity index (χ0n) is 18.2. The largest absolute Gasteiger partial charge is 0.493 e. The number of hydrogen-bond acceptors (Lipinski definition) is 5. The van der Waals surface area contributed by atoms with Gasteiger partial charge in [0, 0.05) is 16.0 Å². The van der Waals surface area contributed by atoms with Crippen LogP contribution in [0.3, 0.4) is 0 Å². The molecule has 0 saturated heterocycles. The van der Waals surface area contributed by atoms with Crippen molar-refractivity contribution in [2.45, 2.75) is 43.9 Å². The number of benzene rings is 2. The van der Waals surface area contributed by atoms with Crippen molar-refractivity contribution in [3.63, 3.8) is 0 Å². The molecule has 5 nitrogen and oxygen atoms in total. The molecule has 31 heavy (non-hydrogen) atoms. The summed E-state index contributed by atoms with van der Waals surface area (Å²) < 4.78 is 12.9. The van der Waals surface area contributed by atoms with E-state index in [-0.39, 0.29) is 12.5 Å². The smallest absolute Gasteiger partial charge is 0.285 e. The van der Waals surface area contributed by atoms with E-state index >= 15 is 0 Å². The normalized spacial score (nSPS) is 11.0. The van der Waals surface area contributed by atoms with Crippen LogP contribution in [0.25, 0.3) is 0 Å². The lowest BCUT2D eigenvalue weighted by Crippen LogP contribution is -2.21. The third kappa shape index (κ3) is 6.52. The molecular formula is C24H27ClN2O3S. The first kappa shape index (κ1) is 23.2. The molecule has 3 rings (SSSR count). The Morgan fingerprint density at radius 1 is 1.10 bits per heavy atom. The predicted octanol–water partition coefficient (Wildman–Crippen LogP) is 6.45. The van der Waals surface area contributed by atoms with Gasteiger partial charge in [-0.25, -0.2) is 4.68 Å². The highest BCUT2D eigenvalue weighted by Crippen LogP contribution is 2.33. The fraction of sp³-hybridized carbons (Fsp3) is 0.333. The maximum absolute atomic E-state index is 12.8. The van der Waals surface area contributed by atoms with Crippen LogP contribution in [-0.4, -0.2) is 28.9 Å². The van der Waals surface area contributed by atoms with E-state index in [1.807, 2.05) is 56.3 Å². The molecule has 0 unspecified atom stereocenters. The minimum atomic E-state index is -0.227. The summed E-state index contributed by atoms with van der Waals surface area (Å²) in [5.41, 5.74) is 1.59. The summed E-state index contributed by atoms with van der Waals surface area (Å²) in [6.07, 6.45) is 0.984. The fourth-order valence-electron chi connectivity index (χ4n) is 2.91. The summed E-state index contributed by atoms with van der Waals surface area (Å²) in [5, 5.41) is 5.12. The van der Waals surface area contributed by atoms with Crippen LogP contribution in [0.1, 0.15) is 36.5 Å². The van der Waals surface area contributed by atoms with E-state index < -0.39 is 0 Å². The molecule has 0 aliphatic rings. The molecule has 0 amide bonds. The Kier molecular flexibility index (Phi) is 8.04. The molecule has 0 saturated carbocycles. The van der Waals surface area contributed by atoms with Crippen LogP contribution in [0.4, 0.5) is 0 Å². The van der Waals surface area contributed by atoms with Crippen LogP contribution >= 0.6 is 23.4 Å². The summed E-state index contributed by atoms with van der Waals surface area (Å²) in [6.45, 7) is 8.65. The minimum absolute atomic E-state index is 0.109. The lowest BCUT2D eigenvalue weighted by molar-refractivity contribution is 0.0817. The van der Waals surface area contributed by atoms with Gasteiger partial charge in [0.25, 0.3) is 5.91 Å². The quantitative estimate of drug-likeness (QED) is 0.369. The van der Waals surface area contributed by atoms with Crippen LogP contribution in [0, 0.1) is 19.8 Å². The maximum atomic E-state index is 12.8. The standard InChI is InChI=1S/C24H27ClN2O3S/c1-16(2)12-13-29-20-6-5-7-21(14-20)30-15-23(28)27-18(4)24(17(3)26-27)31-22-10-8-19(25)9-11-22/h5-11,14,16H,12-13,15H2,1-4H3. The van der Waals surface area contributed by atoms with Crippen molar-refractivity contribution in [1.82, 2.24) is 9.78 Å². The molecule has 0 N–H and O–H groups in total. The molecule has 3 aromatic rings. The van der Waals surface area contributed by atoms with Crippen molar-refractivity contribution in [3.05, 3.63) is 64.9 Å². The van der Waals surface area contributed by atoms with Crippen LogP contribution < -0.4 is 9.47 Å². The van der Waals surface area contributed by atoms with Crippen LogP contribution in [-0.2, 0) is 0 Å². The van der Waals surface area contributed by atoms with E-state index in [1.54, 1.807) is 17.8 Å². The first-order chi connectivity index (χ1) is 14.8. The molecule has 0 atom stereocenters. The number of aryl methyl sites for hydroxylation is 1. The maximum Gasteiger partial charge on any atom is 0.285 e. The first-order valence-corrected chi connectivity index (χ1v) is 11.4. The second-order valence-corrected chi connectivity index (χ2v) is 9.18. The molecule has 1 aromatic heterocycles. The van der Waals surface area contributed by atoms with Crippen molar-refractivity contribution in [3.8, 4) is 11.5 Å². The Bertz CT molecular complexity index is 1030. The molecule has 0 aliphatic heterocycles. The number of aromatic nitrogens is 2. The van der Waals surface area contributed by atoms with Gasteiger partial charge in [-0.2, -0.15) is 5.10 Å². The topological polar surface area (TPSA) is 53.4 Å². The predicted molar refractivity (Wildman–Crippen MR) is 125 cm³/mol. The van der Waals surface area contributed by atoms with E-state index in [0.29, 0.717) is 23.3 Å². The van der Waals surface area contributed by atoms with Gasteiger partial charge in [0.2, 0.25) is 0 Å². The highest BCUT2D eigenvalue weighted by Gasteiger charge is 2.18. The Hall–Kier alpha value is -2.44. The van der Waals surface area contributed by atoms with Gasteiger partial charge in [-0.15, -0.1) is 0 Å². The Balaban J connectivity index is 1.63. The Morgan fingerprint density at radius 3 is 2.45 bits per heavy atom. The van der Waals surface area contributed by atoms with Gasteiger partial charge in [0.05, 0.1) is 22.9 Å². The van der Waals surface area contributed by atoms with Gasteiger partial charge in [-0.05, 0) is 62.6 Å². The summed E-state index contributed by atoms with van der Waals surface area (Å²) in [6, 6.07) is 14.9. The Morgan fingerprint density at radius 2 is 1.77 bits per heavy atom. The van der Waals surface area contributed by atoms with Gasteiger partial charge in [0.1, 0.15) is 11.5 Å². The summed E-state index contributed by atoms with van der Waals surface area (Å²) in [4.78, 5) is 14.7. The van der Waals surface area contributed by atoms with Crippen LogP contribution in [0.2, 0.25) is 5.02 Å². The SMILES string of the molecule is Cc1nn(C(=O)COc2cccc(OCCC(C)C)c2)c(C)c1Sc1ccc(Cl)cc1. The number of halogens is 1. The monoisotopic (exact) mass is 458 g/mol. The molecule has 0 spiro atoms. The number of carbonyl (C=O) groups excluding carboxylic acids is 1. The van der Waals surface area contributed by atoms with Crippen LogP contribution in [0.5, 0.6) is 11.5 Å². The van der Waals surface area contributed by atoms with Crippen LogP contribution in [0.15, 0.2) is 58.3 Å². The van der Waals surface area contributed by atoms with E-state index in [0.717, 1.165) is 33.3 Å². The zero-order chi connectivity index (χ0) is 22.4. The molecule has 164 valence electrons. The van der Waals surface area contributed by atoms with Gasteiger partial charge in [-0.3, -0.25) is 4.79 Å². The molecule has 0 aliphatic carbocycles. The van der Waals surface area contributed by atoms with E-state index in [4.69, 9.17) is 21.1 Å². The molecule has 0 fully saturated rings. The molecule has 0 radical (unpaired) electrons. The third-order valence-corrected chi connectivity index (χ3v) is 6.18. The highest BCUT2D eigenvalue weighted by atomic mass is 35.5. The lowest BCUT2D eigenvalue weighted by Gasteiger charge is -2.10. The first-order valence-electron chi connectivity index (χ1n) is 10.2. The average Bonchev–Trinajstić information content (AvgIpc) is 3.02. The van der Waals surface area contributed by atoms with Crippen molar-refractivity contribution < 1.29 is 14.3 Å². The number of carbonyl (C=O) groups is 1. The highest BCUT2D eigenvalue weighted by molar-refractivity contribution is 7.99. The van der Waals surface area contributed by atoms with Gasteiger partial charge < -0.3 is 9.47 Å². The molecule has 1 heterocycles. The second-order valence-electron chi connectivity index (χ2n) is 7.66. The molecular weight excluding hydrogens is 432 g/mol. The second kappa shape index (κ2) is 10.7. The third-order valence-electron chi connectivity index (χ3n) is 4.63. The van der Waals surface area contributed by atoms with Gasteiger partial charge in [0.15, 0.2) is 6.61 Å². The lowest BCUT2D eigenvalue weighted by atomic mass is 10.1. The fourth-order valence-corrected chi connectivity index (χ4v) is 3.97. The van der Waals surface area contributed by atoms with E-state index in [2.05, 4.69) is 18.9 Å². The number of rotatable bonds is 9. The summed E-state index contributed by atoms with van der Waals surface area (Å²) in [7, 11) is 0. The number of nitrogens with zero attached hydrogens (tertiary/aromatic N) is 2. The molecule has 0 bridgehead atoms. The molecule has 7 heteroatoms. The zero-order valence-corrected chi connectivity index (χ0v) is 19.8. The minimum Gasteiger partial charge on any atom is -0.493 e. The van der Waals surface area contributed by atoms with E-state index in [9.17, 15) is 4.79 Å².